The summed E-state index contributed by atoms with van der Waals surface area (Å²) in [6.45, 7) is 9.32. The molecule has 2 rings (SSSR count). The molecule has 0 spiro atoms. The normalized spacial score (nSPS) is 10.2. The van der Waals surface area contributed by atoms with Crippen molar-refractivity contribution in [1.82, 2.24) is 4.98 Å². The van der Waals surface area contributed by atoms with Gasteiger partial charge in [0.2, 0.25) is 0 Å². The van der Waals surface area contributed by atoms with Gasteiger partial charge in [0.1, 0.15) is 17.2 Å². The largest absolute Gasteiger partial charge is 0.497 e. The van der Waals surface area contributed by atoms with E-state index in [1.165, 1.54) is 6.20 Å². The predicted molar refractivity (Wildman–Crippen MR) is 102 cm³/mol. The first-order chi connectivity index (χ1) is 12.3. The molecule has 6 heteroatoms. The Balaban J connectivity index is 0.00000163. The molecule has 1 aromatic heterocycles. The van der Waals surface area contributed by atoms with Gasteiger partial charge < -0.3 is 9.47 Å². The highest BCUT2D eigenvalue weighted by Crippen LogP contribution is 2.16. The monoisotopic (exact) mass is 358 g/mol. The van der Waals surface area contributed by atoms with E-state index in [4.69, 9.17) is 9.47 Å². The van der Waals surface area contributed by atoms with E-state index in [1.807, 2.05) is 13.8 Å². The number of pyridine rings is 1. The smallest absolute Gasteiger partial charge is 0.413 e. The highest BCUT2D eigenvalue weighted by Gasteiger charge is 2.17. The minimum Gasteiger partial charge on any atom is -0.497 e. The highest BCUT2D eigenvalue weighted by atomic mass is 16.6. The molecule has 0 saturated heterocycles. The predicted octanol–water partition coefficient (Wildman–Crippen LogP) is 4.69. The topological polar surface area (TPSA) is 77.5 Å². The lowest BCUT2D eigenvalue weighted by atomic mass is 10.1. The van der Waals surface area contributed by atoms with Gasteiger partial charge in [-0.2, -0.15) is 0 Å². The number of rotatable bonds is 4. The molecule has 0 saturated carbocycles. The second-order valence-electron chi connectivity index (χ2n) is 6.12. The standard InChI is InChI=1S/C18H20N2O4.C2H6/c1-18(2,3)24-17(22)20-15-10-7-13(11-19-15)16(21)12-5-8-14(23-4)9-6-12;1-2/h5-11H,1-4H3,(H,19,20,22);1-2H3. The van der Waals surface area contributed by atoms with E-state index in [-0.39, 0.29) is 5.78 Å². The molecular formula is C20H26N2O4. The number of ketones is 1. The number of hydrogen-bond acceptors (Lipinski definition) is 5. The van der Waals surface area contributed by atoms with Crippen molar-refractivity contribution in [3.8, 4) is 5.75 Å². The number of carbonyl (C=O) groups excluding carboxylic acids is 2. The summed E-state index contributed by atoms with van der Waals surface area (Å²) in [5.74, 6) is 0.839. The van der Waals surface area contributed by atoms with Crippen molar-refractivity contribution < 1.29 is 19.1 Å². The first kappa shape index (κ1) is 21.2. The second kappa shape index (κ2) is 9.56. The molecular weight excluding hydrogens is 332 g/mol. The molecule has 1 heterocycles. The zero-order valence-corrected chi connectivity index (χ0v) is 16.1. The molecule has 0 fully saturated rings. The van der Waals surface area contributed by atoms with Gasteiger partial charge >= 0.3 is 6.09 Å². The van der Waals surface area contributed by atoms with E-state index < -0.39 is 11.7 Å². The number of aromatic nitrogens is 1. The van der Waals surface area contributed by atoms with Gasteiger partial charge in [0, 0.05) is 17.3 Å². The van der Waals surface area contributed by atoms with Crippen molar-refractivity contribution in [2.24, 2.45) is 0 Å². The Kier molecular flexibility index (Phi) is 7.77. The quantitative estimate of drug-likeness (QED) is 0.802. The van der Waals surface area contributed by atoms with E-state index >= 15 is 0 Å². The van der Waals surface area contributed by atoms with Crippen LogP contribution in [-0.2, 0) is 4.74 Å². The van der Waals surface area contributed by atoms with Gasteiger partial charge in [0.05, 0.1) is 7.11 Å². The molecule has 1 aromatic carbocycles. The minimum atomic E-state index is -0.593. The molecule has 0 atom stereocenters. The van der Waals surface area contributed by atoms with Crippen LogP contribution in [0.25, 0.3) is 0 Å². The Morgan fingerprint density at radius 2 is 1.54 bits per heavy atom. The molecule has 1 N–H and O–H groups in total. The molecule has 0 aliphatic carbocycles. The third-order valence-corrected chi connectivity index (χ3v) is 3.01. The molecule has 26 heavy (non-hydrogen) atoms. The van der Waals surface area contributed by atoms with Crippen LogP contribution in [0.4, 0.5) is 10.6 Å². The molecule has 0 bridgehead atoms. The third kappa shape index (κ3) is 6.55. The van der Waals surface area contributed by atoms with Crippen molar-refractivity contribution in [3.63, 3.8) is 0 Å². The van der Waals surface area contributed by atoms with Crippen molar-refractivity contribution in [2.75, 3.05) is 12.4 Å². The van der Waals surface area contributed by atoms with Crippen molar-refractivity contribution >= 4 is 17.7 Å². The minimum absolute atomic E-state index is 0.158. The summed E-state index contributed by atoms with van der Waals surface area (Å²) < 4.78 is 10.2. The van der Waals surface area contributed by atoms with Crippen LogP contribution in [0.5, 0.6) is 5.75 Å². The number of anilines is 1. The molecule has 0 aliphatic rings. The summed E-state index contributed by atoms with van der Waals surface area (Å²) >= 11 is 0. The van der Waals surface area contributed by atoms with Gasteiger partial charge in [0.25, 0.3) is 0 Å². The number of hydrogen-bond donors (Lipinski definition) is 1. The second-order valence-corrected chi connectivity index (χ2v) is 6.12. The number of ether oxygens (including phenoxy) is 2. The fourth-order valence-corrected chi connectivity index (χ4v) is 1.92. The lowest BCUT2D eigenvalue weighted by Gasteiger charge is -2.19. The van der Waals surface area contributed by atoms with Gasteiger partial charge in [0.15, 0.2) is 5.78 Å². The number of methoxy groups -OCH3 is 1. The van der Waals surface area contributed by atoms with Crippen LogP contribution in [0.3, 0.4) is 0 Å². The molecule has 0 aliphatic heterocycles. The zero-order chi connectivity index (χ0) is 19.7. The van der Waals surface area contributed by atoms with Gasteiger partial charge in [-0.3, -0.25) is 10.1 Å². The lowest BCUT2D eigenvalue weighted by molar-refractivity contribution is 0.0635. The van der Waals surface area contributed by atoms with Gasteiger partial charge in [-0.25, -0.2) is 9.78 Å². The third-order valence-electron chi connectivity index (χ3n) is 3.01. The number of benzene rings is 1. The van der Waals surface area contributed by atoms with Crippen LogP contribution >= 0.6 is 0 Å². The number of carbonyl (C=O) groups is 2. The van der Waals surface area contributed by atoms with E-state index in [0.29, 0.717) is 22.7 Å². The van der Waals surface area contributed by atoms with Crippen LogP contribution in [0.2, 0.25) is 0 Å². The SMILES string of the molecule is CC.COc1ccc(C(=O)c2ccc(NC(=O)OC(C)(C)C)nc2)cc1. The molecule has 1 amide bonds. The maximum atomic E-state index is 12.4. The Morgan fingerprint density at radius 3 is 2.00 bits per heavy atom. The summed E-state index contributed by atoms with van der Waals surface area (Å²) in [4.78, 5) is 28.1. The lowest BCUT2D eigenvalue weighted by Crippen LogP contribution is -2.27. The van der Waals surface area contributed by atoms with Crippen molar-refractivity contribution in [1.29, 1.82) is 0 Å². The number of nitrogens with zero attached hydrogens (tertiary/aromatic N) is 1. The Morgan fingerprint density at radius 1 is 0.962 bits per heavy atom. The van der Waals surface area contributed by atoms with Crippen LogP contribution in [-0.4, -0.2) is 29.6 Å². The Hall–Kier alpha value is -2.89. The first-order valence-corrected chi connectivity index (χ1v) is 8.43. The van der Waals surface area contributed by atoms with E-state index in [1.54, 1.807) is 64.3 Å². The average Bonchev–Trinajstić information content (AvgIpc) is 2.62. The summed E-state index contributed by atoms with van der Waals surface area (Å²) in [6, 6.07) is 9.98. The van der Waals surface area contributed by atoms with Gasteiger partial charge in [-0.05, 0) is 57.2 Å². The van der Waals surface area contributed by atoms with Crippen LogP contribution in [0.1, 0.15) is 50.5 Å². The van der Waals surface area contributed by atoms with E-state index in [0.717, 1.165) is 0 Å². The molecule has 0 unspecified atom stereocenters. The Labute approximate surface area is 154 Å². The van der Waals surface area contributed by atoms with Crippen molar-refractivity contribution in [3.05, 3.63) is 53.7 Å². The molecule has 6 nitrogen and oxygen atoms in total. The molecule has 0 radical (unpaired) electrons. The Bertz CT molecular complexity index is 717. The van der Waals surface area contributed by atoms with Crippen molar-refractivity contribution in [2.45, 2.75) is 40.2 Å². The van der Waals surface area contributed by atoms with Crippen LogP contribution < -0.4 is 10.1 Å². The summed E-state index contributed by atoms with van der Waals surface area (Å²) in [5, 5.41) is 2.52. The fourth-order valence-electron chi connectivity index (χ4n) is 1.92. The highest BCUT2D eigenvalue weighted by molar-refractivity contribution is 6.09. The summed E-state index contributed by atoms with van der Waals surface area (Å²) in [5.41, 5.74) is 0.370. The zero-order valence-electron chi connectivity index (χ0n) is 16.1. The molecule has 140 valence electrons. The first-order valence-electron chi connectivity index (χ1n) is 8.43. The molecule has 2 aromatic rings. The van der Waals surface area contributed by atoms with Gasteiger partial charge in [-0.1, -0.05) is 13.8 Å². The maximum absolute atomic E-state index is 12.4. The fraction of sp³-hybridized carbons (Fsp3) is 0.350. The summed E-state index contributed by atoms with van der Waals surface area (Å²) in [6.07, 6.45) is 0.823. The number of amides is 1. The van der Waals surface area contributed by atoms with Gasteiger partial charge in [-0.15, -0.1) is 0 Å². The summed E-state index contributed by atoms with van der Waals surface area (Å²) in [7, 11) is 1.57. The van der Waals surface area contributed by atoms with E-state index in [2.05, 4.69) is 10.3 Å². The van der Waals surface area contributed by atoms with Crippen LogP contribution in [0, 0.1) is 0 Å². The average molecular weight is 358 g/mol. The van der Waals surface area contributed by atoms with E-state index in [9.17, 15) is 9.59 Å². The van der Waals surface area contributed by atoms with Crippen LogP contribution in [0.15, 0.2) is 42.6 Å². The number of nitrogens with one attached hydrogen (secondary N) is 1. The maximum Gasteiger partial charge on any atom is 0.413 e.